The first-order valence-corrected chi connectivity index (χ1v) is 6.37. The Kier molecular flexibility index (Phi) is 4.16. The molecule has 0 fully saturated rings. The molecule has 0 aliphatic rings. The van der Waals surface area contributed by atoms with Crippen LogP contribution in [0.2, 0.25) is 0 Å². The Morgan fingerprint density at radius 2 is 2.30 bits per heavy atom. The summed E-state index contributed by atoms with van der Waals surface area (Å²) in [5, 5.41) is 11.1. The van der Waals surface area contributed by atoms with Crippen LogP contribution in [0.5, 0.6) is 0 Å². The third-order valence-corrected chi connectivity index (χ3v) is 2.86. The maximum Gasteiger partial charge on any atom is 0.238 e. The molecule has 1 N–H and O–H groups in total. The second kappa shape index (κ2) is 6.02. The Morgan fingerprint density at radius 1 is 1.50 bits per heavy atom. The average Bonchev–Trinajstić information content (AvgIpc) is 2.80. The number of rotatable bonds is 4. The molecule has 0 atom stereocenters. The summed E-state index contributed by atoms with van der Waals surface area (Å²) in [5.74, 6) is 1.01. The maximum atomic E-state index is 11.4. The number of carbonyl (C=O) groups is 1. The minimum Gasteiger partial charge on any atom is -0.441 e. The van der Waals surface area contributed by atoms with Gasteiger partial charge < -0.3 is 9.73 Å². The van der Waals surface area contributed by atoms with E-state index in [1.54, 1.807) is 12.1 Å². The number of benzene rings is 1. The van der Waals surface area contributed by atoms with Crippen molar-refractivity contribution in [2.45, 2.75) is 26.7 Å². The summed E-state index contributed by atoms with van der Waals surface area (Å²) >= 11 is 0. The number of aryl methyl sites for hydroxylation is 2. The lowest BCUT2D eigenvalue weighted by atomic mass is 10.2. The molecule has 1 aromatic heterocycles. The third kappa shape index (κ3) is 3.04. The first kappa shape index (κ1) is 13.8. The fourth-order valence-electron chi connectivity index (χ4n) is 1.89. The lowest BCUT2D eigenvalue weighted by molar-refractivity contribution is -0.115. The van der Waals surface area contributed by atoms with Crippen molar-refractivity contribution in [3.05, 3.63) is 35.7 Å². The van der Waals surface area contributed by atoms with Gasteiger partial charge in [0.15, 0.2) is 0 Å². The maximum absolute atomic E-state index is 11.4. The molecular formula is C15H15N3O2. The van der Waals surface area contributed by atoms with Crippen LogP contribution in [0.1, 0.15) is 24.8 Å². The molecule has 0 bridgehead atoms. The summed E-state index contributed by atoms with van der Waals surface area (Å²) in [6.45, 7) is 3.90. The third-order valence-electron chi connectivity index (χ3n) is 2.86. The number of amides is 1. The van der Waals surface area contributed by atoms with Crippen LogP contribution in [-0.2, 0) is 11.2 Å². The zero-order chi connectivity index (χ0) is 14.5. The van der Waals surface area contributed by atoms with Crippen molar-refractivity contribution in [2.75, 3.05) is 5.32 Å². The van der Waals surface area contributed by atoms with Gasteiger partial charge in [0.2, 0.25) is 11.8 Å². The zero-order valence-corrected chi connectivity index (χ0v) is 11.4. The molecule has 20 heavy (non-hydrogen) atoms. The number of nitrogens with zero attached hydrogens (tertiary/aromatic N) is 2. The molecule has 102 valence electrons. The molecule has 0 radical (unpaired) electrons. The molecule has 5 heteroatoms. The molecule has 0 aliphatic heterocycles. The van der Waals surface area contributed by atoms with Gasteiger partial charge in [0.25, 0.3) is 0 Å². The zero-order valence-electron chi connectivity index (χ0n) is 11.4. The van der Waals surface area contributed by atoms with Crippen LogP contribution in [0, 0.1) is 18.3 Å². The van der Waals surface area contributed by atoms with Gasteiger partial charge in [-0.3, -0.25) is 4.79 Å². The first-order valence-electron chi connectivity index (χ1n) is 6.37. The van der Waals surface area contributed by atoms with E-state index >= 15 is 0 Å². The number of carbonyl (C=O) groups excluding carboxylic acids is 1. The van der Waals surface area contributed by atoms with Gasteiger partial charge in [0.1, 0.15) is 12.2 Å². The number of hydrogen-bond acceptors (Lipinski definition) is 4. The predicted octanol–water partition coefficient (Wildman–Crippen LogP) is 3.06. The minimum atomic E-state index is -0.331. The van der Waals surface area contributed by atoms with Gasteiger partial charge in [-0.2, -0.15) is 5.26 Å². The Morgan fingerprint density at radius 3 is 2.95 bits per heavy atom. The lowest BCUT2D eigenvalue weighted by Gasteiger charge is -2.03. The summed E-state index contributed by atoms with van der Waals surface area (Å²) in [4.78, 5) is 15.8. The second-order valence-corrected chi connectivity index (χ2v) is 4.34. The number of hydrogen-bond donors (Lipinski definition) is 1. The van der Waals surface area contributed by atoms with Crippen LogP contribution >= 0.6 is 0 Å². The van der Waals surface area contributed by atoms with Crippen molar-refractivity contribution in [3.63, 3.8) is 0 Å². The molecule has 5 nitrogen and oxygen atoms in total. The quantitative estimate of drug-likeness (QED) is 0.925. The van der Waals surface area contributed by atoms with Gasteiger partial charge in [-0.05, 0) is 31.5 Å². The van der Waals surface area contributed by atoms with E-state index in [1.165, 1.54) is 0 Å². The van der Waals surface area contributed by atoms with Crippen molar-refractivity contribution >= 4 is 11.6 Å². The molecule has 0 aliphatic carbocycles. The molecule has 0 saturated carbocycles. The smallest absolute Gasteiger partial charge is 0.238 e. The molecule has 0 spiro atoms. The molecule has 1 heterocycles. The Bertz CT molecular complexity index is 668. The van der Waals surface area contributed by atoms with Crippen molar-refractivity contribution < 1.29 is 9.21 Å². The van der Waals surface area contributed by atoms with Crippen molar-refractivity contribution in [1.82, 2.24) is 4.98 Å². The Labute approximate surface area is 117 Å². The summed E-state index contributed by atoms with van der Waals surface area (Å²) in [6, 6.07) is 9.02. The highest BCUT2D eigenvalue weighted by molar-refractivity contribution is 5.92. The molecular weight excluding hydrogens is 254 g/mol. The van der Waals surface area contributed by atoms with E-state index in [4.69, 9.17) is 9.68 Å². The summed E-state index contributed by atoms with van der Waals surface area (Å²) in [7, 11) is 0. The van der Waals surface area contributed by atoms with E-state index in [2.05, 4.69) is 10.3 Å². The predicted molar refractivity (Wildman–Crippen MR) is 74.9 cm³/mol. The minimum absolute atomic E-state index is 0.164. The van der Waals surface area contributed by atoms with Gasteiger partial charge in [-0.15, -0.1) is 0 Å². The van der Waals surface area contributed by atoms with Crippen LogP contribution < -0.4 is 5.32 Å². The van der Waals surface area contributed by atoms with Gasteiger partial charge in [0.05, 0.1) is 11.8 Å². The van der Waals surface area contributed by atoms with Crippen molar-refractivity contribution in [1.29, 1.82) is 5.26 Å². The molecule has 0 unspecified atom stereocenters. The molecule has 1 amide bonds. The second-order valence-electron chi connectivity index (χ2n) is 4.34. The van der Waals surface area contributed by atoms with Gasteiger partial charge in [0, 0.05) is 11.3 Å². The summed E-state index contributed by atoms with van der Waals surface area (Å²) < 4.78 is 5.62. The van der Waals surface area contributed by atoms with Crippen LogP contribution in [0.15, 0.2) is 28.7 Å². The van der Waals surface area contributed by atoms with E-state index in [9.17, 15) is 4.79 Å². The van der Waals surface area contributed by atoms with Crippen LogP contribution in [0.25, 0.3) is 11.5 Å². The monoisotopic (exact) mass is 269 g/mol. The highest BCUT2D eigenvalue weighted by Gasteiger charge is 2.11. The van der Waals surface area contributed by atoms with Gasteiger partial charge in [-0.1, -0.05) is 13.0 Å². The fourth-order valence-corrected chi connectivity index (χ4v) is 1.89. The summed E-state index contributed by atoms with van der Waals surface area (Å²) in [6.07, 6.45) is 0.649. The van der Waals surface area contributed by atoms with E-state index in [-0.39, 0.29) is 12.3 Å². The van der Waals surface area contributed by atoms with E-state index in [1.807, 2.05) is 32.0 Å². The largest absolute Gasteiger partial charge is 0.441 e. The highest BCUT2D eigenvalue weighted by atomic mass is 16.4. The van der Waals surface area contributed by atoms with Crippen molar-refractivity contribution in [3.8, 4) is 17.5 Å². The SMILES string of the molecule is CCc1nc(-c2cccc(NC(=O)CC#N)c2)oc1C. The van der Waals surface area contributed by atoms with E-state index in [0.717, 1.165) is 23.4 Å². The number of oxazole rings is 1. The number of nitrogens with one attached hydrogen (secondary N) is 1. The standard InChI is InChI=1S/C15H15N3O2/c1-3-13-10(2)20-15(18-13)11-5-4-6-12(9-11)17-14(19)7-8-16/h4-6,9H,3,7H2,1-2H3,(H,17,19). The lowest BCUT2D eigenvalue weighted by Crippen LogP contribution is -2.09. The first-order chi connectivity index (χ1) is 9.63. The summed E-state index contributed by atoms with van der Waals surface area (Å²) in [5.41, 5.74) is 2.35. The average molecular weight is 269 g/mol. The molecule has 0 saturated heterocycles. The fraction of sp³-hybridized carbons (Fsp3) is 0.267. The van der Waals surface area contributed by atoms with Gasteiger partial charge in [-0.25, -0.2) is 4.98 Å². The number of nitriles is 1. The molecule has 2 aromatic rings. The molecule has 2 rings (SSSR count). The van der Waals surface area contributed by atoms with E-state index in [0.29, 0.717) is 11.6 Å². The highest BCUT2D eigenvalue weighted by Crippen LogP contribution is 2.24. The topological polar surface area (TPSA) is 78.9 Å². The number of aromatic nitrogens is 1. The Balaban J connectivity index is 2.25. The number of anilines is 1. The van der Waals surface area contributed by atoms with Crippen LogP contribution in [0.3, 0.4) is 0 Å². The van der Waals surface area contributed by atoms with E-state index < -0.39 is 0 Å². The molecule has 1 aromatic carbocycles. The normalized spacial score (nSPS) is 10.1. The van der Waals surface area contributed by atoms with Crippen molar-refractivity contribution in [2.24, 2.45) is 0 Å². The van der Waals surface area contributed by atoms with Crippen LogP contribution in [-0.4, -0.2) is 10.9 Å². The van der Waals surface area contributed by atoms with Gasteiger partial charge >= 0.3 is 0 Å². The Hall–Kier alpha value is -2.61. The van der Waals surface area contributed by atoms with Crippen LogP contribution in [0.4, 0.5) is 5.69 Å².